The van der Waals surface area contributed by atoms with Gasteiger partial charge in [0.25, 0.3) is 11.8 Å². The number of aromatic hydroxyl groups is 1. The van der Waals surface area contributed by atoms with Crippen molar-refractivity contribution in [2.45, 2.75) is 66.2 Å². The molecular formula is C27H32N2O3S. The number of thiocarbonyl (C=S) groups is 1. The summed E-state index contributed by atoms with van der Waals surface area (Å²) in [4.78, 5) is 27.7. The zero-order valence-electron chi connectivity index (χ0n) is 20.6. The van der Waals surface area contributed by atoms with E-state index in [4.69, 9.17) is 12.2 Å². The molecule has 0 bridgehead atoms. The minimum Gasteiger partial charge on any atom is -0.507 e. The zero-order valence-corrected chi connectivity index (χ0v) is 21.4. The number of aryl methyl sites for hydroxylation is 1. The number of phenols is 1. The van der Waals surface area contributed by atoms with E-state index in [9.17, 15) is 14.7 Å². The van der Waals surface area contributed by atoms with Crippen molar-refractivity contribution in [1.29, 1.82) is 0 Å². The number of carbonyl (C=O) groups is 2. The average molecular weight is 465 g/mol. The lowest BCUT2D eigenvalue weighted by Crippen LogP contribution is -2.54. The van der Waals surface area contributed by atoms with Gasteiger partial charge in [0, 0.05) is 11.1 Å². The number of carbonyl (C=O) groups excluding carboxylic acids is 2. The number of nitrogens with zero attached hydrogens (tertiary/aromatic N) is 1. The summed E-state index contributed by atoms with van der Waals surface area (Å²) in [6.45, 7) is 16.0. The lowest BCUT2D eigenvalue weighted by atomic mass is 9.78. The van der Waals surface area contributed by atoms with E-state index < -0.39 is 11.8 Å². The Balaban J connectivity index is 2.19. The van der Waals surface area contributed by atoms with Crippen molar-refractivity contribution in [3.05, 3.63) is 63.7 Å². The van der Waals surface area contributed by atoms with Gasteiger partial charge in [0.05, 0.1) is 5.69 Å². The van der Waals surface area contributed by atoms with Crippen LogP contribution in [0.1, 0.15) is 69.4 Å². The van der Waals surface area contributed by atoms with Gasteiger partial charge in [-0.15, -0.1) is 0 Å². The molecule has 0 unspecified atom stereocenters. The van der Waals surface area contributed by atoms with Gasteiger partial charge in [-0.2, -0.15) is 0 Å². The maximum absolute atomic E-state index is 13.5. The number of hydrogen-bond donors (Lipinski definition) is 2. The molecule has 0 radical (unpaired) electrons. The van der Waals surface area contributed by atoms with Gasteiger partial charge in [0.15, 0.2) is 5.11 Å². The van der Waals surface area contributed by atoms with Gasteiger partial charge < -0.3 is 5.11 Å². The second kappa shape index (κ2) is 8.41. The predicted octanol–water partition coefficient (Wildman–Crippen LogP) is 5.44. The van der Waals surface area contributed by atoms with Crippen molar-refractivity contribution in [2.75, 3.05) is 4.90 Å². The van der Waals surface area contributed by atoms with Crippen LogP contribution in [0.15, 0.2) is 35.9 Å². The smallest absolute Gasteiger partial charge is 0.270 e. The quantitative estimate of drug-likeness (QED) is 0.353. The van der Waals surface area contributed by atoms with E-state index in [1.165, 1.54) is 4.90 Å². The minimum atomic E-state index is -0.533. The maximum atomic E-state index is 13.5. The highest BCUT2D eigenvalue weighted by Crippen LogP contribution is 2.40. The molecule has 1 aliphatic rings. The van der Waals surface area contributed by atoms with Crippen LogP contribution >= 0.6 is 12.2 Å². The Morgan fingerprint density at radius 2 is 1.52 bits per heavy atom. The summed E-state index contributed by atoms with van der Waals surface area (Å²) in [5.41, 5.74) is 4.11. The number of phenolic OH excluding ortho intramolecular Hbond substituents is 1. The van der Waals surface area contributed by atoms with Gasteiger partial charge in [-0.05, 0) is 77.9 Å². The molecule has 33 heavy (non-hydrogen) atoms. The number of amides is 2. The number of benzene rings is 2. The molecule has 1 heterocycles. The second-order valence-corrected chi connectivity index (χ2v) is 11.0. The topological polar surface area (TPSA) is 69.6 Å². The van der Waals surface area contributed by atoms with E-state index >= 15 is 0 Å². The van der Waals surface area contributed by atoms with Crippen LogP contribution < -0.4 is 10.2 Å². The SMILES string of the molecule is Cc1cccc(N2C(=O)/C(=C\c3cc(C(C)(C)C)c(O)c(C(C)(C)C)c3)C(=O)NC2=S)c1C. The molecule has 5 nitrogen and oxygen atoms in total. The Hall–Kier alpha value is -2.99. The highest BCUT2D eigenvalue weighted by molar-refractivity contribution is 7.80. The molecule has 2 aromatic carbocycles. The van der Waals surface area contributed by atoms with Gasteiger partial charge in [0.1, 0.15) is 11.3 Å². The number of anilines is 1. The molecule has 0 aliphatic carbocycles. The van der Waals surface area contributed by atoms with Crippen LogP contribution in [0.5, 0.6) is 5.75 Å². The fourth-order valence-corrected chi connectivity index (χ4v) is 4.18. The molecule has 1 aliphatic heterocycles. The molecule has 3 rings (SSSR count). The molecule has 6 heteroatoms. The van der Waals surface area contributed by atoms with Crippen molar-refractivity contribution < 1.29 is 14.7 Å². The van der Waals surface area contributed by atoms with Crippen LogP contribution in [0.3, 0.4) is 0 Å². The summed E-state index contributed by atoms with van der Waals surface area (Å²) in [6.07, 6.45) is 1.58. The predicted molar refractivity (Wildman–Crippen MR) is 138 cm³/mol. The molecule has 0 atom stereocenters. The lowest BCUT2D eigenvalue weighted by molar-refractivity contribution is -0.122. The summed E-state index contributed by atoms with van der Waals surface area (Å²) in [5, 5.41) is 13.7. The van der Waals surface area contributed by atoms with E-state index in [-0.39, 0.29) is 27.3 Å². The van der Waals surface area contributed by atoms with Crippen molar-refractivity contribution in [1.82, 2.24) is 5.32 Å². The normalized spacial score (nSPS) is 16.4. The van der Waals surface area contributed by atoms with Crippen molar-refractivity contribution in [3.8, 4) is 5.75 Å². The first-order valence-electron chi connectivity index (χ1n) is 11.0. The van der Waals surface area contributed by atoms with Crippen molar-refractivity contribution in [2.24, 2.45) is 0 Å². The highest BCUT2D eigenvalue weighted by Gasteiger charge is 2.35. The standard InChI is InChI=1S/C27H32N2O3S/c1-15-10-9-11-21(16(15)2)29-24(32)18(23(31)28-25(29)33)12-17-13-19(26(3,4)5)22(30)20(14-17)27(6,7)8/h9-14,30H,1-8H3,(H,28,31,33)/b18-12-. The summed E-state index contributed by atoms with van der Waals surface area (Å²) in [6, 6.07) is 9.32. The van der Waals surface area contributed by atoms with Gasteiger partial charge in [-0.1, -0.05) is 53.7 Å². The van der Waals surface area contributed by atoms with Crippen LogP contribution in [-0.2, 0) is 20.4 Å². The Morgan fingerprint density at radius 1 is 0.970 bits per heavy atom. The fraction of sp³-hybridized carbons (Fsp3) is 0.370. The van der Waals surface area contributed by atoms with Gasteiger partial charge in [0.2, 0.25) is 0 Å². The number of hydrogen-bond acceptors (Lipinski definition) is 4. The van der Waals surface area contributed by atoms with Crippen LogP contribution in [0.25, 0.3) is 6.08 Å². The second-order valence-electron chi connectivity index (χ2n) is 10.6. The van der Waals surface area contributed by atoms with Crippen LogP contribution in [-0.4, -0.2) is 22.0 Å². The van der Waals surface area contributed by atoms with Gasteiger partial charge in [-0.3, -0.25) is 19.8 Å². The molecule has 2 amide bonds. The Morgan fingerprint density at radius 3 is 2.03 bits per heavy atom. The first-order chi connectivity index (χ1) is 15.1. The van der Waals surface area contributed by atoms with E-state index in [0.717, 1.165) is 22.3 Å². The molecule has 2 N–H and O–H groups in total. The van der Waals surface area contributed by atoms with Crippen molar-refractivity contribution in [3.63, 3.8) is 0 Å². The molecule has 2 aromatic rings. The Labute approximate surface area is 201 Å². The summed E-state index contributed by atoms with van der Waals surface area (Å²) >= 11 is 5.35. The Kier molecular flexibility index (Phi) is 6.28. The maximum Gasteiger partial charge on any atom is 0.270 e. The molecular weight excluding hydrogens is 432 g/mol. The zero-order chi connectivity index (χ0) is 24.9. The van der Waals surface area contributed by atoms with E-state index in [1.807, 2.05) is 85.7 Å². The fourth-order valence-electron chi connectivity index (χ4n) is 3.90. The van der Waals surface area contributed by atoms with Crippen LogP contribution in [0.2, 0.25) is 0 Å². The monoisotopic (exact) mass is 464 g/mol. The van der Waals surface area contributed by atoms with Crippen molar-refractivity contribution >= 4 is 40.9 Å². The third kappa shape index (κ3) is 4.71. The molecule has 1 fully saturated rings. The molecule has 1 saturated heterocycles. The first kappa shape index (κ1) is 24.6. The number of rotatable bonds is 2. The third-order valence-electron chi connectivity index (χ3n) is 5.98. The Bertz CT molecular complexity index is 1160. The summed E-state index contributed by atoms with van der Waals surface area (Å²) < 4.78 is 0. The highest BCUT2D eigenvalue weighted by atomic mass is 32.1. The molecule has 0 aromatic heterocycles. The summed E-state index contributed by atoms with van der Waals surface area (Å²) in [7, 11) is 0. The molecule has 174 valence electrons. The summed E-state index contributed by atoms with van der Waals surface area (Å²) in [5.74, 6) is -0.760. The third-order valence-corrected chi connectivity index (χ3v) is 6.26. The van der Waals surface area contributed by atoms with E-state index in [0.29, 0.717) is 11.3 Å². The molecule has 0 spiro atoms. The lowest BCUT2D eigenvalue weighted by Gasteiger charge is -2.31. The van der Waals surface area contributed by atoms with Crippen LogP contribution in [0.4, 0.5) is 5.69 Å². The van der Waals surface area contributed by atoms with Gasteiger partial charge >= 0.3 is 0 Å². The first-order valence-corrected chi connectivity index (χ1v) is 11.4. The molecule has 0 saturated carbocycles. The van der Waals surface area contributed by atoms with Gasteiger partial charge in [-0.25, -0.2) is 0 Å². The minimum absolute atomic E-state index is 0.00471. The largest absolute Gasteiger partial charge is 0.507 e. The van der Waals surface area contributed by atoms with Crippen LogP contribution in [0, 0.1) is 13.8 Å². The average Bonchev–Trinajstić information content (AvgIpc) is 2.67. The van der Waals surface area contributed by atoms with E-state index in [1.54, 1.807) is 6.08 Å². The number of nitrogens with one attached hydrogen (secondary N) is 1. The van der Waals surface area contributed by atoms with E-state index in [2.05, 4.69) is 5.32 Å².